The van der Waals surface area contributed by atoms with E-state index in [1.165, 1.54) is 22.5 Å². The van der Waals surface area contributed by atoms with Crippen LogP contribution in [0.5, 0.6) is 5.88 Å². The van der Waals surface area contributed by atoms with Gasteiger partial charge in [-0.2, -0.15) is 9.40 Å². The van der Waals surface area contributed by atoms with Gasteiger partial charge >= 0.3 is 5.76 Å². The van der Waals surface area contributed by atoms with Gasteiger partial charge in [0, 0.05) is 12.6 Å². The molecule has 1 saturated heterocycles. The van der Waals surface area contributed by atoms with Gasteiger partial charge in [0.25, 0.3) is 0 Å². The summed E-state index contributed by atoms with van der Waals surface area (Å²) in [4.78, 5) is 13.9. The van der Waals surface area contributed by atoms with Gasteiger partial charge in [-0.15, -0.1) is 5.10 Å². The smallest absolute Gasteiger partial charge is 0.417 e. The number of nitrogens with one attached hydrogen (secondary N) is 1. The largest absolute Gasteiger partial charge is 0.472 e. The maximum absolute atomic E-state index is 13.0. The molecule has 0 unspecified atom stereocenters. The molecule has 1 aromatic carbocycles. The lowest BCUT2D eigenvalue weighted by molar-refractivity contribution is 0.123. The highest BCUT2D eigenvalue weighted by Crippen LogP contribution is 2.24. The molecule has 1 aliphatic heterocycles. The average molecular weight is 390 g/mol. The lowest BCUT2D eigenvalue weighted by Crippen LogP contribution is -2.44. The Morgan fingerprint density at radius 3 is 2.89 bits per heavy atom. The van der Waals surface area contributed by atoms with Gasteiger partial charge in [0.2, 0.25) is 15.9 Å². The van der Waals surface area contributed by atoms with Gasteiger partial charge < -0.3 is 9.15 Å². The van der Waals surface area contributed by atoms with Crippen molar-refractivity contribution in [3.05, 3.63) is 46.6 Å². The van der Waals surface area contributed by atoms with E-state index in [2.05, 4.69) is 15.2 Å². The summed E-state index contributed by atoms with van der Waals surface area (Å²) in [6.07, 6.45) is 1.10. The lowest BCUT2D eigenvalue weighted by Gasteiger charge is -2.31. The second kappa shape index (κ2) is 6.78. The number of hydrogen-bond acceptors (Lipinski definition) is 7. The first-order valence-electron chi connectivity index (χ1n) is 8.52. The van der Waals surface area contributed by atoms with Crippen molar-refractivity contribution < 1.29 is 17.6 Å². The van der Waals surface area contributed by atoms with Crippen LogP contribution in [0.25, 0.3) is 11.1 Å². The van der Waals surface area contributed by atoms with Crippen molar-refractivity contribution in [1.82, 2.24) is 19.5 Å². The van der Waals surface area contributed by atoms with E-state index in [0.717, 1.165) is 12.1 Å². The molecule has 0 aliphatic carbocycles. The van der Waals surface area contributed by atoms with Gasteiger partial charge in [-0.05, 0) is 44.0 Å². The Morgan fingerprint density at radius 2 is 2.11 bits per heavy atom. The monoisotopic (exact) mass is 390 g/mol. The highest BCUT2D eigenvalue weighted by Gasteiger charge is 2.31. The summed E-state index contributed by atoms with van der Waals surface area (Å²) in [5, 5.41) is 7.92. The third-order valence-corrected chi connectivity index (χ3v) is 6.29. The maximum atomic E-state index is 13.0. The zero-order valence-electron chi connectivity index (χ0n) is 14.6. The molecule has 10 heteroatoms. The summed E-state index contributed by atoms with van der Waals surface area (Å²) in [6.45, 7) is 2.45. The Balaban J connectivity index is 1.55. The highest BCUT2D eigenvalue weighted by molar-refractivity contribution is 7.89. The van der Waals surface area contributed by atoms with Crippen molar-refractivity contribution in [2.45, 2.75) is 30.8 Å². The number of fused-ring (bicyclic) bond motifs is 1. The Hall–Kier alpha value is -2.72. The number of H-pyrrole nitrogens is 1. The molecule has 1 atom stereocenters. The number of aryl methyl sites for hydroxylation is 1. The van der Waals surface area contributed by atoms with Crippen molar-refractivity contribution in [3.8, 4) is 5.88 Å². The normalized spacial score (nSPS) is 18.6. The molecule has 142 valence electrons. The fourth-order valence-corrected chi connectivity index (χ4v) is 4.62. The minimum atomic E-state index is -3.72. The molecule has 0 amide bonds. The number of sulfonamides is 1. The number of rotatable bonds is 4. The number of hydrogen-bond donors (Lipinski definition) is 1. The predicted molar refractivity (Wildman–Crippen MR) is 96.0 cm³/mol. The van der Waals surface area contributed by atoms with E-state index in [1.807, 2.05) is 6.92 Å². The lowest BCUT2D eigenvalue weighted by atomic mass is 10.1. The first-order chi connectivity index (χ1) is 12.9. The van der Waals surface area contributed by atoms with Gasteiger partial charge in [0.1, 0.15) is 6.10 Å². The Kier molecular flexibility index (Phi) is 4.44. The molecule has 0 bridgehead atoms. The zero-order valence-corrected chi connectivity index (χ0v) is 15.4. The number of aromatic nitrogens is 3. The van der Waals surface area contributed by atoms with E-state index in [4.69, 9.17) is 9.15 Å². The van der Waals surface area contributed by atoms with Crippen LogP contribution in [0, 0.1) is 6.92 Å². The number of aromatic amines is 1. The number of oxazole rings is 1. The summed E-state index contributed by atoms with van der Waals surface area (Å²) in [6, 6.07) is 7.83. The topological polar surface area (TPSA) is 118 Å². The number of ether oxygens (including phenoxy) is 1. The summed E-state index contributed by atoms with van der Waals surface area (Å²) < 4.78 is 38.1. The van der Waals surface area contributed by atoms with E-state index in [-0.39, 0.29) is 17.5 Å². The van der Waals surface area contributed by atoms with Crippen LogP contribution < -0.4 is 10.5 Å². The van der Waals surface area contributed by atoms with Crippen LogP contribution in [0.15, 0.2) is 44.4 Å². The summed E-state index contributed by atoms with van der Waals surface area (Å²) in [7, 11) is -3.72. The van der Waals surface area contributed by atoms with Crippen molar-refractivity contribution in [3.63, 3.8) is 0 Å². The van der Waals surface area contributed by atoms with Gasteiger partial charge in [0.15, 0.2) is 5.58 Å². The summed E-state index contributed by atoms with van der Waals surface area (Å²) in [5.74, 6) is -0.243. The Bertz CT molecular complexity index is 1120. The number of piperidine rings is 1. The fraction of sp³-hybridized carbons (Fsp3) is 0.353. The highest BCUT2D eigenvalue weighted by atomic mass is 32.2. The first kappa shape index (κ1) is 17.7. The average Bonchev–Trinajstić information content (AvgIpc) is 3.03. The van der Waals surface area contributed by atoms with E-state index in [9.17, 15) is 13.2 Å². The molecule has 1 aliphatic rings. The van der Waals surface area contributed by atoms with E-state index in [0.29, 0.717) is 29.9 Å². The molecular weight excluding hydrogens is 372 g/mol. The van der Waals surface area contributed by atoms with Crippen molar-refractivity contribution >= 4 is 21.1 Å². The van der Waals surface area contributed by atoms with Crippen molar-refractivity contribution in [2.75, 3.05) is 13.1 Å². The van der Waals surface area contributed by atoms with Crippen LogP contribution in [0.2, 0.25) is 0 Å². The van der Waals surface area contributed by atoms with Crippen LogP contribution >= 0.6 is 0 Å². The molecule has 0 radical (unpaired) electrons. The summed E-state index contributed by atoms with van der Waals surface area (Å²) in [5.41, 5.74) is 1.44. The van der Waals surface area contributed by atoms with Crippen LogP contribution in [-0.2, 0) is 10.0 Å². The second-order valence-corrected chi connectivity index (χ2v) is 8.37. The quantitative estimate of drug-likeness (QED) is 0.716. The molecular formula is C17H18N4O5S. The number of nitrogens with zero attached hydrogens (tertiary/aromatic N) is 3. The molecule has 27 heavy (non-hydrogen) atoms. The standard InChI is InChI=1S/C17H18N4O5S/c1-11-4-7-16(20-19-11)25-12-3-2-8-21(10-12)27(23,24)13-5-6-15-14(9-13)18-17(22)26-15/h4-7,9,12H,2-3,8,10H2,1H3,(H,18,22)/t12-/m1/s1. The SMILES string of the molecule is Cc1ccc(O[C@@H]2CCCN(S(=O)(=O)c3ccc4oc(=O)[nH]c4c3)C2)nn1. The Labute approximate surface area is 155 Å². The minimum absolute atomic E-state index is 0.0998. The van der Waals surface area contributed by atoms with Gasteiger partial charge in [-0.1, -0.05) is 0 Å². The Morgan fingerprint density at radius 1 is 1.26 bits per heavy atom. The fourth-order valence-electron chi connectivity index (χ4n) is 3.08. The molecule has 3 aromatic rings. The van der Waals surface area contributed by atoms with E-state index in [1.54, 1.807) is 12.1 Å². The van der Waals surface area contributed by atoms with E-state index >= 15 is 0 Å². The van der Waals surface area contributed by atoms with Crippen LogP contribution in [0.1, 0.15) is 18.5 Å². The zero-order chi connectivity index (χ0) is 19.0. The molecule has 0 saturated carbocycles. The minimum Gasteiger partial charge on any atom is -0.472 e. The maximum Gasteiger partial charge on any atom is 0.417 e. The molecule has 9 nitrogen and oxygen atoms in total. The van der Waals surface area contributed by atoms with Crippen molar-refractivity contribution in [2.24, 2.45) is 0 Å². The first-order valence-corrected chi connectivity index (χ1v) is 9.96. The van der Waals surface area contributed by atoms with E-state index < -0.39 is 15.8 Å². The second-order valence-electron chi connectivity index (χ2n) is 6.43. The molecule has 1 N–H and O–H groups in total. The van der Waals surface area contributed by atoms with Gasteiger partial charge in [-0.25, -0.2) is 13.2 Å². The van der Waals surface area contributed by atoms with Crippen LogP contribution in [0.3, 0.4) is 0 Å². The molecule has 3 heterocycles. The number of benzene rings is 1. The van der Waals surface area contributed by atoms with Crippen molar-refractivity contribution in [1.29, 1.82) is 0 Å². The van der Waals surface area contributed by atoms with Gasteiger partial charge in [0.05, 0.1) is 22.7 Å². The molecule has 1 fully saturated rings. The van der Waals surface area contributed by atoms with Crippen LogP contribution in [-0.4, -0.2) is 47.1 Å². The molecule has 4 rings (SSSR count). The predicted octanol–water partition coefficient (Wildman–Crippen LogP) is 1.45. The third-order valence-electron chi connectivity index (χ3n) is 4.43. The summed E-state index contributed by atoms with van der Waals surface area (Å²) >= 11 is 0. The molecule has 2 aromatic heterocycles. The van der Waals surface area contributed by atoms with Gasteiger partial charge in [-0.3, -0.25) is 4.98 Å². The third kappa shape index (κ3) is 3.58. The van der Waals surface area contributed by atoms with Crippen LogP contribution in [0.4, 0.5) is 0 Å². The molecule has 0 spiro atoms.